The van der Waals surface area contributed by atoms with E-state index in [1.165, 1.54) is 29.8 Å². The van der Waals surface area contributed by atoms with Crippen molar-refractivity contribution in [3.8, 4) is 0 Å². The van der Waals surface area contributed by atoms with E-state index in [0.29, 0.717) is 17.9 Å². The maximum atomic E-state index is 12.3. The van der Waals surface area contributed by atoms with Crippen molar-refractivity contribution in [2.45, 2.75) is 50.9 Å². The number of nitro groups is 1. The second kappa shape index (κ2) is 10.7. The normalized spacial score (nSPS) is 17.0. The van der Waals surface area contributed by atoms with E-state index in [0.717, 1.165) is 63.8 Å². The number of nitrogens with zero attached hydrogens (tertiary/aromatic N) is 2. The van der Waals surface area contributed by atoms with Crippen molar-refractivity contribution in [1.29, 1.82) is 0 Å². The maximum absolute atomic E-state index is 12.3. The molecule has 7 heteroatoms. The summed E-state index contributed by atoms with van der Waals surface area (Å²) in [4.78, 5) is 37.1. The molecular formula is C26H31N3O4. The predicted molar refractivity (Wildman–Crippen MR) is 127 cm³/mol. The molecule has 0 spiro atoms. The Kier molecular flexibility index (Phi) is 7.50. The molecule has 7 nitrogen and oxygen atoms in total. The van der Waals surface area contributed by atoms with Crippen LogP contribution in [-0.4, -0.2) is 41.1 Å². The van der Waals surface area contributed by atoms with Crippen LogP contribution >= 0.6 is 0 Å². The topological polar surface area (TPSA) is 92.6 Å². The Balaban J connectivity index is 1.16. The summed E-state index contributed by atoms with van der Waals surface area (Å²) in [5.41, 5.74) is 2.75. The molecule has 0 unspecified atom stereocenters. The summed E-state index contributed by atoms with van der Waals surface area (Å²) in [6.07, 6.45) is 6.46. The molecule has 33 heavy (non-hydrogen) atoms. The summed E-state index contributed by atoms with van der Waals surface area (Å²) in [5, 5.41) is 13.8. The third-order valence-corrected chi connectivity index (χ3v) is 6.69. The Morgan fingerprint density at radius 3 is 2.39 bits per heavy atom. The van der Waals surface area contributed by atoms with Gasteiger partial charge in [0.05, 0.1) is 4.92 Å². The minimum atomic E-state index is -0.457. The fourth-order valence-electron chi connectivity index (χ4n) is 4.48. The number of piperidine rings is 1. The molecule has 2 aromatic rings. The molecule has 4 rings (SSSR count). The molecule has 2 fully saturated rings. The van der Waals surface area contributed by atoms with E-state index >= 15 is 0 Å². The zero-order valence-electron chi connectivity index (χ0n) is 18.9. The van der Waals surface area contributed by atoms with Crippen LogP contribution in [0, 0.1) is 16.0 Å². The molecule has 1 saturated carbocycles. The number of carbonyl (C=O) groups is 2. The Bertz CT molecular complexity index is 993. The maximum Gasteiger partial charge on any atom is 0.269 e. The number of non-ortho nitro benzene ring substituents is 1. The minimum absolute atomic E-state index is 0.00434. The van der Waals surface area contributed by atoms with E-state index in [2.05, 4.69) is 22.3 Å². The van der Waals surface area contributed by atoms with Crippen LogP contribution in [0.1, 0.15) is 66.8 Å². The summed E-state index contributed by atoms with van der Waals surface area (Å²) >= 11 is 0. The monoisotopic (exact) mass is 449 g/mol. The van der Waals surface area contributed by atoms with Gasteiger partial charge in [0.25, 0.3) is 5.69 Å². The van der Waals surface area contributed by atoms with Crippen LogP contribution < -0.4 is 5.32 Å². The van der Waals surface area contributed by atoms with Gasteiger partial charge in [0.1, 0.15) is 0 Å². The molecule has 0 atom stereocenters. The van der Waals surface area contributed by atoms with Gasteiger partial charge in [-0.15, -0.1) is 0 Å². The highest BCUT2D eigenvalue weighted by molar-refractivity contribution is 5.96. The average molecular weight is 450 g/mol. The summed E-state index contributed by atoms with van der Waals surface area (Å²) in [5.74, 6) is 0.912. The molecule has 2 aliphatic rings. The van der Waals surface area contributed by atoms with E-state index in [9.17, 15) is 19.7 Å². The van der Waals surface area contributed by atoms with Gasteiger partial charge in [0.15, 0.2) is 5.78 Å². The first kappa shape index (κ1) is 23.1. The highest BCUT2D eigenvalue weighted by Gasteiger charge is 2.29. The quantitative estimate of drug-likeness (QED) is 0.234. The fourth-order valence-corrected chi connectivity index (χ4v) is 4.48. The number of hydrogen-bond donors (Lipinski definition) is 1. The van der Waals surface area contributed by atoms with Gasteiger partial charge in [-0.2, -0.15) is 0 Å². The Morgan fingerprint density at radius 2 is 1.73 bits per heavy atom. The SMILES string of the molecule is O=C(CCCCN1CCC(c2cccc(NC(=O)C3CC3)c2)CC1)c1ccc([N+](=O)[O-])cc1. The number of hydrogen-bond acceptors (Lipinski definition) is 5. The lowest BCUT2D eigenvalue weighted by molar-refractivity contribution is -0.384. The number of rotatable bonds is 10. The summed E-state index contributed by atoms with van der Waals surface area (Å²) in [6, 6.07) is 14.1. The van der Waals surface area contributed by atoms with Crippen LogP contribution in [0.25, 0.3) is 0 Å². The van der Waals surface area contributed by atoms with Crippen molar-refractivity contribution in [2.24, 2.45) is 5.92 Å². The highest BCUT2D eigenvalue weighted by atomic mass is 16.6. The first-order valence-electron chi connectivity index (χ1n) is 11.9. The van der Waals surface area contributed by atoms with Crippen molar-refractivity contribution in [1.82, 2.24) is 4.90 Å². The Hall–Kier alpha value is -3.06. The van der Waals surface area contributed by atoms with Gasteiger partial charge in [-0.1, -0.05) is 12.1 Å². The molecule has 174 valence electrons. The van der Waals surface area contributed by atoms with E-state index in [1.807, 2.05) is 12.1 Å². The number of nitro benzene ring substituents is 1. The average Bonchev–Trinajstić information content (AvgIpc) is 3.68. The second-order valence-electron chi connectivity index (χ2n) is 9.19. The highest BCUT2D eigenvalue weighted by Crippen LogP contribution is 2.32. The van der Waals surface area contributed by atoms with Crippen LogP contribution in [0.4, 0.5) is 11.4 Å². The Morgan fingerprint density at radius 1 is 1.00 bits per heavy atom. The van der Waals surface area contributed by atoms with Gasteiger partial charge >= 0.3 is 0 Å². The van der Waals surface area contributed by atoms with Crippen LogP contribution in [-0.2, 0) is 4.79 Å². The third kappa shape index (κ3) is 6.48. The number of carbonyl (C=O) groups excluding carboxylic acids is 2. The van der Waals surface area contributed by atoms with Gasteiger partial charge < -0.3 is 10.2 Å². The molecule has 2 aromatic carbocycles. The molecule has 1 saturated heterocycles. The molecule has 0 aromatic heterocycles. The second-order valence-corrected chi connectivity index (χ2v) is 9.19. The van der Waals surface area contributed by atoms with Crippen LogP contribution in [0.5, 0.6) is 0 Å². The van der Waals surface area contributed by atoms with E-state index in [4.69, 9.17) is 0 Å². The number of amides is 1. The third-order valence-electron chi connectivity index (χ3n) is 6.69. The van der Waals surface area contributed by atoms with Crippen LogP contribution in [0.3, 0.4) is 0 Å². The lowest BCUT2D eigenvalue weighted by atomic mass is 9.89. The number of benzene rings is 2. The molecule has 1 aliphatic heterocycles. The number of nitrogens with one attached hydrogen (secondary N) is 1. The van der Waals surface area contributed by atoms with Crippen molar-refractivity contribution < 1.29 is 14.5 Å². The summed E-state index contributed by atoms with van der Waals surface area (Å²) in [7, 11) is 0. The molecular weight excluding hydrogens is 418 g/mol. The minimum Gasteiger partial charge on any atom is -0.326 e. The predicted octanol–water partition coefficient (Wildman–Crippen LogP) is 5.18. The zero-order chi connectivity index (χ0) is 23.2. The number of likely N-dealkylation sites (tertiary alicyclic amines) is 1. The number of Topliss-reactive ketones (excluding diaryl/α,β-unsaturated/α-hetero) is 1. The van der Waals surface area contributed by atoms with Gasteiger partial charge in [0, 0.05) is 35.7 Å². The van der Waals surface area contributed by atoms with Gasteiger partial charge in [-0.3, -0.25) is 19.7 Å². The van der Waals surface area contributed by atoms with Gasteiger partial charge in [-0.25, -0.2) is 0 Å². The molecule has 0 radical (unpaired) electrons. The van der Waals surface area contributed by atoms with E-state index in [-0.39, 0.29) is 23.3 Å². The molecule has 1 heterocycles. The lowest BCUT2D eigenvalue weighted by Gasteiger charge is -2.32. The first-order valence-corrected chi connectivity index (χ1v) is 11.9. The van der Waals surface area contributed by atoms with Gasteiger partial charge in [0.2, 0.25) is 5.91 Å². The smallest absolute Gasteiger partial charge is 0.269 e. The van der Waals surface area contributed by atoms with Crippen molar-refractivity contribution in [2.75, 3.05) is 25.0 Å². The molecule has 1 N–H and O–H groups in total. The zero-order valence-corrected chi connectivity index (χ0v) is 18.9. The van der Waals surface area contributed by atoms with Gasteiger partial charge in [-0.05, 0) is 93.9 Å². The molecule has 1 amide bonds. The van der Waals surface area contributed by atoms with Crippen molar-refractivity contribution in [3.63, 3.8) is 0 Å². The Labute approximate surface area is 194 Å². The summed E-state index contributed by atoms with van der Waals surface area (Å²) < 4.78 is 0. The number of unbranched alkanes of at least 4 members (excludes halogenated alkanes) is 1. The van der Waals surface area contributed by atoms with Crippen molar-refractivity contribution >= 4 is 23.1 Å². The van der Waals surface area contributed by atoms with Crippen LogP contribution in [0.15, 0.2) is 48.5 Å². The standard InChI is InChI=1S/C26H31N3O4/c30-25(20-9-11-24(12-10-20)29(32)33)6-1-2-15-28-16-13-19(14-17-28)22-4-3-5-23(18-22)27-26(31)21-7-8-21/h3-5,9-12,18-19,21H,1-2,6-8,13-17H2,(H,27,31). The molecule has 0 bridgehead atoms. The fraction of sp³-hybridized carbons (Fsp3) is 0.462. The largest absolute Gasteiger partial charge is 0.326 e. The number of anilines is 1. The van der Waals surface area contributed by atoms with Crippen LogP contribution in [0.2, 0.25) is 0 Å². The van der Waals surface area contributed by atoms with E-state index < -0.39 is 4.92 Å². The lowest BCUT2D eigenvalue weighted by Crippen LogP contribution is -2.33. The first-order chi connectivity index (χ1) is 16.0. The van der Waals surface area contributed by atoms with Crippen molar-refractivity contribution in [3.05, 3.63) is 69.8 Å². The van der Waals surface area contributed by atoms with E-state index in [1.54, 1.807) is 0 Å². The number of ketones is 1. The summed E-state index contributed by atoms with van der Waals surface area (Å²) in [6.45, 7) is 3.07. The molecule has 1 aliphatic carbocycles.